The smallest absolute Gasteiger partial charge is 0.0697 e. The summed E-state index contributed by atoms with van der Waals surface area (Å²) in [6.07, 6.45) is 5.96. The summed E-state index contributed by atoms with van der Waals surface area (Å²) in [6.45, 7) is 5.89. The highest BCUT2D eigenvalue weighted by Gasteiger charge is 1.92. The molecule has 68 valence electrons. The number of hydrogen-bond donors (Lipinski definition) is 0. The van der Waals surface area contributed by atoms with Gasteiger partial charge in [0.15, 0.2) is 0 Å². The molecule has 0 radical (unpaired) electrons. The molecule has 0 aromatic heterocycles. The van der Waals surface area contributed by atoms with Gasteiger partial charge in [-0.3, -0.25) is 4.99 Å². The largest absolute Gasteiger partial charge is 0.261 e. The van der Waals surface area contributed by atoms with E-state index in [0.29, 0.717) is 0 Å². The Bertz CT molecular complexity index is 300. The molecule has 0 aliphatic carbocycles. The quantitative estimate of drug-likeness (QED) is 0.613. The Balaban J connectivity index is 2.80. The first-order valence-electron chi connectivity index (χ1n) is 4.62. The highest BCUT2D eigenvalue weighted by Crippen LogP contribution is 2.18. The molecule has 0 amide bonds. The van der Waals surface area contributed by atoms with Gasteiger partial charge in [0.2, 0.25) is 0 Å². The SMILES string of the molecule is C=Cc1ccccc1N=CCCC. The van der Waals surface area contributed by atoms with E-state index >= 15 is 0 Å². The Morgan fingerprint density at radius 1 is 1.38 bits per heavy atom. The molecule has 0 saturated carbocycles. The van der Waals surface area contributed by atoms with E-state index in [9.17, 15) is 0 Å². The fourth-order valence-corrected chi connectivity index (χ4v) is 1.07. The lowest BCUT2D eigenvalue weighted by Gasteiger charge is -1.98. The molecule has 13 heavy (non-hydrogen) atoms. The Hall–Kier alpha value is -1.37. The maximum absolute atomic E-state index is 4.37. The fourth-order valence-electron chi connectivity index (χ4n) is 1.07. The van der Waals surface area contributed by atoms with Gasteiger partial charge in [-0.05, 0) is 18.1 Å². The van der Waals surface area contributed by atoms with Crippen LogP contribution in [0.15, 0.2) is 35.8 Å². The Morgan fingerprint density at radius 2 is 2.15 bits per heavy atom. The molecule has 0 spiro atoms. The van der Waals surface area contributed by atoms with Gasteiger partial charge < -0.3 is 0 Å². The van der Waals surface area contributed by atoms with Crippen LogP contribution in [0.5, 0.6) is 0 Å². The van der Waals surface area contributed by atoms with Crippen LogP contribution in [0.2, 0.25) is 0 Å². The average molecular weight is 173 g/mol. The predicted molar refractivity (Wildman–Crippen MR) is 59.6 cm³/mol. The molecule has 0 fully saturated rings. The zero-order valence-corrected chi connectivity index (χ0v) is 8.03. The van der Waals surface area contributed by atoms with E-state index in [1.165, 1.54) is 0 Å². The molecule has 1 aromatic carbocycles. The number of para-hydroxylation sites is 1. The van der Waals surface area contributed by atoms with Crippen LogP contribution < -0.4 is 0 Å². The summed E-state index contributed by atoms with van der Waals surface area (Å²) in [5.41, 5.74) is 2.10. The maximum Gasteiger partial charge on any atom is 0.0697 e. The summed E-state index contributed by atoms with van der Waals surface area (Å²) >= 11 is 0. The van der Waals surface area contributed by atoms with Gasteiger partial charge in [-0.2, -0.15) is 0 Å². The van der Waals surface area contributed by atoms with Crippen molar-refractivity contribution in [3.63, 3.8) is 0 Å². The molecule has 0 unspecified atom stereocenters. The number of aliphatic imine (C=N–C) groups is 1. The van der Waals surface area contributed by atoms with E-state index in [2.05, 4.69) is 18.5 Å². The molecular weight excluding hydrogens is 158 g/mol. The van der Waals surface area contributed by atoms with Gasteiger partial charge in [0.05, 0.1) is 5.69 Å². The minimum Gasteiger partial charge on any atom is -0.261 e. The van der Waals surface area contributed by atoms with Crippen LogP contribution in [-0.4, -0.2) is 6.21 Å². The Labute approximate surface area is 79.8 Å². The molecule has 0 heterocycles. The van der Waals surface area contributed by atoms with E-state index in [4.69, 9.17) is 0 Å². The van der Waals surface area contributed by atoms with Crippen molar-refractivity contribution in [3.8, 4) is 0 Å². The molecule has 1 rings (SSSR count). The zero-order chi connectivity index (χ0) is 9.52. The van der Waals surface area contributed by atoms with Crippen molar-refractivity contribution in [3.05, 3.63) is 36.4 Å². The third kappa shape index (κ3) is 2.86. The van der Waals surface area contributed by atoms with Gasteiger partial charge in [0.25, 0.3) is 0 Å². The second kappa shape index (κ2) is 5.31. The van der Waals surface area contributed by atoms with Crippen LogP contribution in [0.25, 0.3) is 6.08 Å². The van der Waals surface area contributed by atoms with Crippen molar-refractivity contribution in [1.29, 1.82) is 0 Å². The Kier molecular flexibility index (Phi) is 3.97. The van der Waals surface area contributed by atoms with Crippen molar-refractivity contribution in [2.45, 2.75) is 19.8 Å². The predicted octanol–water partition coefficient (Wildman–Crippen LogP) is 3.83. The summed E-state index contributed by atoms with van der Waals surface area (Å²) in [6, 6.07) is 8.01. The van der Waals surface area contributed by atoms with Crippen LogP contribution in [0.1, 0.15) is 25.3 Å². The molecule has 0 bridgehead atoms. The molecule has 0 saturated heterocycles. The highest BCUT2D eigenvalue weighted by molar-refractivity contribution is 5.69. The summed E-state index contributed by atoms with van der Waals surface area (Å²) in [5.74, 6) is 0. The van der Waals surface area contributed by atoms with Crippen molar-refractivity contribution in [2.75, 3.05) is 0 Å². The Morgan fingerprint density at radius 3 is 2.85 bits per heavy atom. The number of nitrogens with zero attached hydrogens (tertiary/aromatic N) is 1. The van der Waals surface area contributed by atoms with Crippen LogP contribution in [0.3, 0.4) is 0 Å². The number of rotatable bonds is 4. The molecule has 0 atom stereocenters. The third-order valence-corrected chi connectivity index (χ3v) is 1.80. The van der Waals surface area contributed by atoms with Crippen LogP contribution in [-0.2, 0) is 0 Å². The van der Waals surface area contributed by atoms with E-state index < -0.39 is 0 Å². The first-order chi connectivity index (χ1) is 6.38. The molecule has 1 aromatic rings. The second-order valence-corrected chi connectivity index (χ2v) is 2.86. The minimum absolute atomic E-state index is 1.01. The second-order valence-electron chi connectivity index (χ2n) is 2.86. The van der Waals surface area contributed by atoms with E-state index in [-0.39, 0.29) is 0 Å². The van der Waals surface area contributed by atoms with Crippen LogP contribution >= 0.6 is 0 Å². The topological polar surface area (TPSA) is 12.4 Å². The highest BCUT2D eigenvalue weighted by atomic mass is 14.7. The molecule has 0 N–H and O–H groups in total. The normalized spacial score (nSPS) is 10.5. The van der Waals surface area contributed by atoms with Gasteiger partial charge in [0, 0.05) is 6.21 Å². The van der Waals surface area contributed by atoms with Crippen molar-refractivity contribution >= 4 is 18.0 Å². The lowest BCUT2D eigenvalue weighted by Crippen LogP contribution is -1.75. The van der Waals surface area contributed by atoms with Gasteiger partial charge in [-0.15, -0.1) is 0 Å². The lowest BCUT2D eigenvalue weighted by molar-refractivity contribution is 1.01. The van der Waals surface area contributed by atoms with Gasteiger partial charge in [-0.25, -0.2) is 0 Å². The molecular formula is C12H15N. The van der Waals surface area contributed by atoms with E-state index in [1.807, 2.05) is 36.6 Å². The monoisotopic (exact) mass is 173 g/mol. The van der Waals surface area contributed by atoms with Gasteiger partial charge in [-0.1, -0.05) is 44.2 Å². The number of unbranched alkanes of at least 4 members (excludes halogenated alkanes) is 1. The first-order valence-corrected chi connectivity index (χ1v) is 4.62. The lowest BCUT2D eigenvalue weighted by atomic mass is 10.2. The van der Waals surface area contributed by atoms with Gasteiger partial charge >= 0.3 is 0 Å². The number of hydrogen-bond acceptors (Lipinski definition) is 1. The van der Waals surface area contributed by atoms with Crippen molar-refractivity contribution in [1.82, 2.24) is 0 Å². The van der Waals surface area contributed by atoms with E-state index in [1.54, 1.807) is 0 Å². The molecule has 1 heteroatoms. The first kappa shape index (κ1) is 9.72. The average Bonchev–Trinajstić information content (AvgIpc) is 2.19. The molecule has 0 aliphatic rings. The zero-order valence-electron chi connectivity index (χ0n) is 8.03. The maximum atomic E-state index is 4.37. The molecule has 0 aliphatic heterocycles. The van der Waals surface area contributed by atoms with Crippen LogP contribution in [0.4, 0.5) is 5.69 Å². The van der Waals surface area contributed by atoms with Crippen molar-refractivity contribution < 1.29 is 0 Å². The fraction of sp³-hybridized carbons (Fsp3) is 0.250. The van der Waals surface area contributed by atoms with E-state index in [0.717, 1.165) is 24.1 Å². The summed E-state index contributed by atoms with van der Waals surface area (Å²) in [7, 11) is 0. The molecule has 1 nitrogen and oxygen atoms in total. The summed E-state index contributed by atoms with van der Waals surface area (Å²) in [4.78, 5) is 4.37. The van der Waals surface area contributed by atoms with Gasteiger partial charge in [0.1, 0.15) is 0 Å². The van der Waals surface area contributed by atoms with Crippen LogP contribution in [0, 0.1) is 0 Å². The van der Waals surface area contributed by atoms with Crippen molar-refractivity contribution in [2.24, 2.45) is 4.99 Å². The third-order valence-electron chi connectivity index (χ3n) is 1.80. The summed E-state index contributed by atoms with van der Waals surface area (Å²) in [5, 5.41) is 0. The standard InChI is InChI=1S/C12H15N/c1-3-5-10-13-12-9-7-6-8-11(12)4-2/h4,6-10H,2-3,5H2,1H3. The summed E-state index contributed by atoms with van der Waals surface area (Å²) < 4.78 is 0. The minimum atomic E-state index is 1.01. The number of benzene rings is 1.